The number of aliphatic hydroxyl groups excluding tert-OH is 1. The first kappa shape index (κ1) is 11.2. The van der Waals surface area contributed by atoms with Gasteiger partial charge in [-0.2, -0.15) is 5.10 Å². The average Bonchev–Trinajstić information content (AvgIpc) is 2.32. The molecule has 1 rings (SSSR count). The highest BCUT2D eigenvalue weighted by Gasteiger charge is 2.19. The number of aliphatic hydroxyl groups is 1. The van der Waals surface area contributed by atoms with Crippen LogP contribution >= 0.6 is 15.9 Å². The first-order valence-electron chi connectivity index (χ1n) is 4.02. The Kier molecular flexibility index (Phi) is 3.28. The van der Waals surface area contributed by atoms with Gasteiger partial charge in [-0.3, -0.25) is 4.68 Å². The number of carboxylic acid groups (broad SMARTS) is 1. The second-order valence-corrected chi connectivity index (χ2v) is 3.82. The average molecular weight is 263 g/mol. The van der Waals surface area contributed by atoms with Crippen LogP contribution in [0.4, 0.5) is 0 Å². The molecule has 0 saturated heterocycles. The van der Waals surface area contributed by atoms with Gasteiger partial charge >= 0.3 is 5.97 Å². The van der Waals surface area contributed by atoms with Crippen molar-refractivity contribution in [3.63, 3.8) is 0 Å². The van der Waals surface area contributed by atoms with Crippen molar-refractivity contribution < 1.29 is 15.0 Å². The second-order valence-electron chi connectivity index (χ2n) is 3.03. The lowest BCUT2D eigenvalue weighted by Gasteiger charge is -2.05. The molecule has 0 radical (unpaired) electrons. The molecular formula is C8H11BrN2O3. The molecule has 6 heteroatoms. The Labute approximate surface area is 89.5 Å². The summed E-state index contributed by atoms with van der Waals surface area (Å²) >= 11 is 3.29. The van der Waals surface area contributed by atoms with Crippen LogP contribution in [0.15, 0.2) is 4.47 Å². The first-order chi connectivity index (χ1) is 6.43. The van der Waals surface area contributed by atoms with E-state index in [2.05, 4.69) is 21.0 Å². The van der Waals surface area contributed by atoms with Crippen LogP contribution in [0, 0.1) is 6.92 Å². The topological polar surface area (TPSA) is 75.3 Å². The van der Waals surface area contributed by atoms with Crippen LogP contribution in [0.3, 0.4) is 0 Å². The summed E-state index contributed by atoms with van der Waals surface area (Å²) in [5, 5.41) is 21.8. The smallest absolute Gasteiger partial charge is 0.332 e. The highest BCUT2D eigenvalue weighted by Crippen LogP contribution is 2.21. The van der Waals surface area contributed by atoms with Gasteiger partial charge < -0.3 is 10.2 Å². The Balaban J connectivity index is 2.91. The molecule has 78 valence electrons. The summed E-state index contributed by atoms with van der Waals surface area (Å²) in [6, 6.07) is 0. The molecule has 0 fully saturated rings. The second kappa shape index (κ2) is 4.10. The number of aromatic nitrogens is 2. The summed E-state index contributed by atoms with van der Waals surface area (Å²) in [7, 11) is 1.71. The van der Waals surface area contributed by atoms with E-state index in [0.717, 1.165) is 10.2 Å². The molecule has 0 bridgehead atoms. The SMILES string of the molecule is Cc1nn(C)c(CC(O)C(=O)O)c1Br. The van der Waals surface area contributed by atoms with Gasteiger partial charge in [-0.05, 0) is 22.9 Å². The molecule has 1 heterocycles. The van der Waals surface area contributed by atoms with Gasteiger partial charge in [-0.25, -0.2) is 4.79 Å². The Hall–Kier alpha value is -0.880. The maximum absolute atomic E-state index is 10.4. The molecule has 1 aromatic rings. The zero-order chi connectivity index (χ0) is 10.9. The number of nitrogens with zero attached hydrogens (tertiary/aromatic N) is 2. The molecule has 14 heavy (non-hydrogen) atoms. The van der Waals surface area contributed by atoms with E-state index in [1.165, 1.54) is 0 Å². The van der Waals surface area contributed by atoms with E-state index in [-0.39, 0.29) is 6.42 Å². The van der Waals surface area contributed by atoms with E-state index in [1.807, 2.05) is 0 Å². The largest absolute Gasteiger partial charge is 0.479 e. The van der Waals surface area contributed by atoms with Crippen molar-refractivity contribution in [3.05, 3.63) is 15.9 Å². The molecule has 0 aromatic carbocycles. The molecule has 2 N–H and O–H groups in total. The molecule has 0 amide bonds. The minimum atomic E-state index is -1.39. The van der Waals surface area contributed by atoms with Gasteiger partial charge in [0.15, 0.2) is 6.10 Å². The van der Waals surface area contributed by atoms with Gasteiger partial charge in [0.1, 0.15) is 0 Å². The lowest BCUT2D eigenvalue weighted by Crippen LogP contribution is -2.23. The lowest BCUT2D eigenvalue weighted by molar-refractivity contribution is -0.146. The van der Waals surface area contributed by atoms with Crippen LogP contribution in [0.5, 0.6) is 0 Å². The maximum Gasteiger partial charge on any atom is 0.332 e. The van der Waals surface area contributed by atoms with Gasteiger partial charge in [-0.1, -0.05) is 0 Å². The fraction of sp³-hybridized carbons (Fsp3) is 0.500. The van der Waals surface area contributed by atoms with Crippen LogP contribution in [-0.4, -0.2) is 32.1 Å². The fourth-order valence-electron chi connectivity index (χ4n) is 1.17. The Morgan fingerprint density at radius 1 is 1.71 bits per heavy atom. The fourth-order valence-corrected chi connectivity index (χ4v) is 1.67. The Morgan fingerprint density at radius 3 is 2.64 bits per heavy atom. The van der Waals surface area contributed by atoms with Crippen molar-refractivity contribution >= 4 is 21.9 Å². The number of rotatable bonds is 3. The Bertz CT molecular complexity index is 362. The third-order valence-corrected chi connectivity index (χ3v) is 2.96. The molecule has 0 saturated carbocycles. The summed E-state index contributed by atoms with van der Waals surface area (Å²) in [6.45, 7) is 1.81. The van der Waals surface area contributed by atoms with Gasteiger partial charge in [0.25, 0.3) is 0 Å². The molecule has 0 spiro atoms. The minimum Gasteiger partial charge on any atom is -0.479 e. The van der Waals surface area contributed by atoms with E-state index < -0.39 is 12.1 Å². The van der Waals surface area contributed by atoms with Crippen molar-refractivity contribution in [2.75, 3.05) is 0 Å². The molecule has 5 nitrogen and oxygen atoms in total. The first-order valence-corrected chi connectivity index (χ1v) is 4.81. The van der Waals surface area contributed by atoms with Crippen LogP contribution in [-0.2, 0) is 18.3 Å². The minimum absolute atomic E-state index is 0.0489. The third kappa shape index (κ3) is 2.13. The predicted molar refractivity (Wildman–Crippen MR) is 53.0 cm³/mol. The third-order valence-electron chi connectivity index (χ3n) is 1.93. The van der Waals surface area contributed by atoms with Crippen molar-refractivity contribution in [1.82, 2.24) is 9.78 Å². The molecule has 1 aromatic heterocycles. The van der Waals surface area contributed by atoms with E-state index >= 15 is 0 Å². The quantitative estimate of drug-likeness (QED) is 0.831. The summed E-state index contributed by atoms with van der Waals surface area (Å²) in [5.74, 6) is -1.23. The van der Waals surface area contributed by atoms with Crippen LogP contribution in [0.1, 0.15) is 11.4 Å². The normalized spacial score (nSPS) is 12.9. The van der Waals surface area contributed by atoms with Crippen molar-refractivity contribution in [3.8, 4) is 0 Å². The standard InChI is InChI=1S/C8H11BrN2O3/c1-4-7(9)5(11(2)10-4)3-6(12)8(13)14/h6,12H,3H2,1-2H3,(H,13,14). The van der Waals surface area contributed by atoms with Crippen LogP contribution in [0.2, 0.25) is 0 Å². The molecule has 0 aliphatic carbocycles. The highest BCUT2D eigenvalue weighted by atomic mass is 79.9. The monoisotopic (exact) mass is 262 g/mol. The number of hydrogen-bond acceptors (Lipinski definition) is 3. The van der Waals surface area contributed by atoms with E-state index in [9.17, 15) is 9.90 Å². The summed E-state index contributed by atoms with van der Waals surface area (Å²) in [5.41, 5.74) is 1.46. The number of halogens is 1. The number of aryl methyl sites for hydroxylation is 2. The molecule has 0 aliphatic heterocycles. The summed E-state index contributed by atoms with van der Waals surface area (Å²) < 4.78 is 2.31. The zero-order valence-electron chi connectivity index (χ0n) is 7.86. The van der Waals surface area contributed by atoms with E-state index in [4.69, 9.17) is 5.11 Å². The predicted octanol–water partition coefficient (Wildman–Crippen LogP) is 0.479. The van der Waals surface area contributed by atoms with Crippen molar-refractivity contribution in [2.45, 2.75) is 19.4 Å². The zero-order valence-corrected chi connectivity index (χ0v) is 9.45. The van der Waals surface area contributed by atoms with Crippen molar-refractivity contribution in [2.24, 2.45) is 7.05 Å². The molecule has 0 aliphatic rings. The lowest BCUT2D eigenvalue weighted by atomic mass is 10.2. The van der Waals surface area contributed by atoms with E-state index in [1.54, 1.807) is 18.7 Å². The molecule has 1 unspecified atom stereocenters. The number of carboxylic acids is 1. The summed E-state index contributed by atoms with van der Waals surface area (Å²) in [6.07, 6.45) is -1.34. The molecular weight excluding hydrogens is 252 g/mol. The van der Waals surface area contributed by atoms with Gasteiger partial charge in [0.05, 0.1) is 15.9 Å². The van der Waals surface area contributed by atoms with Gasteiger partial charge in [0.2, 0.25) is 0 Å². The van der Waals surface area contributed by atoms with Gasteiger partial charge in [0, 0.05) is 13.5 Å². The number of aliphatic carboxylic acids is 1. The highest BCUT2D eigenvalue weighted by molar-refractivity contribution is 9.10. The number of hydrogen-bond donors (Lipinski definition) is 2. The van der Waals surface area contributed by atoms with Crippen molar-refractivity contribution in [1.29, 1.82) is 0 Å². The maximum atomic E-state index is 10.4. The Morgan fingerprint density at radius 2 is 2.29 bits per heavy atom. The van der Waals surface area contributed by atoms with Crippen LogP contribution < -0.4 is 0 Å². The van der Waals surface area contributed by atoms with Gasteiger partial charge in [-0.15, -0.1) is 0 Å². The molecule has 1 atom stereocenters. The number of carbonyl (C=O) groups is 1. The summed E-state index contributed by atoms with van der Waals surface area (Å²) in [4.78, 5) is 10.4. The van der Waals surface area contributed by atoms with Crippen LogP contribution in [0.25, 0.3) is 0 Å². The van der Waals surface area contributed by atoms with E-state index in [0.29, 0.717) is 5.69 Å².